The summed E-state index contributed by atoms with van der Waals surface area (Å²) in [7, 11) is 0. The average Bonchev–Trinajstić information content (AvgIpc) is 3.70. The normalized spacial score (nSPS) is 18.4. The van der Waals surface area contributed by atoms with Gasteiger partial charge in [0.15, 0.2) is 0 Å². The van der Waals surface area contributed by atoms with Gasteiger partial charge in [0.05, 0.1) is 23.9 Å². The molecule has 2 aromatic carbocycles. The molecule has 0 amide bonds. The van der Waals surface area contributed by atoms with E-state index in [2.05, 4.69) is 93.4 Å². The zero-order chi connectivity index (χ0) is 31.2. The quantitative estimate of drug-likeness (QED) is 0.0779. The lowest BCUT2D eigenvalue weighted by atomic mass is 9.94. The van der Waals surface area contributed by atoms with Gasteiger partial charge in [0.25, 0.3) is 0 Å². The molecule has 0 spiro atoms. The number of hydrogen-bond acceptors (Lipinski definition) is 5. The number of carbonyl (C=O) groups is 1. The van der Waals surface area contributed by atoms with Crippen molar-refractivity contribution in [2.75, 3.05) is 6.61 Å². The molecule has 4 aromatic rings. The van der Waals surface area contributed by atoms with Crippen LogP contribution in [0.25, 0.3) is 33.6 Å². The van der Waals surface area contributed by atoms with Crippen LogP contribution in [0.15, 0.2) is 94.2 Å². The molecule has 2 bridgehead atoms. The van der Waals surface area contributed by atoms with Gasteiger partial charge in [0, 0.05) is 39.1 Å². The van der Waals surface area contributed by atoms with Gasteiger partial charge in [0.1, 0.15) is 6.61 Å². The molecule has 1 fully saturated rings. The number of nitrogens with zero attached hydrogens (tertiary/aromatic N) is 2. The number of allylic oxidation sites excluding steroid dienone is 2. The summed E-state index contributed by atoms with van der Waals surface area (Å²) in [4.78, 5) is 22.2. The van der Waals surface area contributed by atoms with E-state index in [-0.39, 0.29) is 18.5 Å². The number of halogens is 2. The Labute approximate surface area is 282 Å². The molecule has 1 saturated carbocycles. The minimum Gasteiger partial charge on any atom is -0.461 e. The first-order chi connectivity index (χ1) is 21.9. The van der Waals surface area contributed by atoms with Crippen LogP contribution in [-0.2, 0) is 27.5 Å². The first-order valence-electron chi connectivity index (χ1n) is 15.9. The summed E-state index contributed by atoms with van der Waals surface area (Å²) in [5, 5.41) is 0. The van der Waals surface area contributed by atoms with Crippen LogP contribution in [0.4, 0.5) is 0 Å². The summed E-state index contributed by atoms with van der Waals surface area (Å²) in [5.41, 5.74) is 7.84. The zero-order valence-electron chi connectivity index (χ0n) is 25.6. The van der Waals surface area contributed by atoms with Crippen LogP contribution in [0, 0.1) is 17.8 Å². The molecule has 2 aliphatic rings. The van der Waals surface area contributed by atoms with Crippen molar-refractivity contribution in [1.82, 2.24) is 9.97 Å². The maximum atomic E-state index is 12.7. The molecule has 5 nitrogen and oxygen atoms in total. The van der Waals surface area contributed by atoms with E-state index in [0.29, 0.717) is 18.4 Å². The Bertz CT molecular complexity index is 1650. The number of fused-ring (bicyclic) bond motifs is 2. The van der Waals surface area contributed by atoms with E-state index >= 15 is 0 Å². The van der Waals surface area contributed by atoms with Crippen molar-refractivity contribution < 1.29 is 14.3 Å². The number of esters is 1. The maximum absolute atomic E-state index is 12.7. The van der Waals surface area contributed by atoms with E-state index < -0.39 is 0 Å². The van der Waals surface area contributed by atoms with Gasteiger partial charge in [-0.2, -0.15) is 0 Å². The van der Waals surface area contributed by atoms with Crippen molar-refractivity contribution in [3.05, 3.63) is 105 Å². The lowest BCUT2D eigenvalue weighted by Crippen LogP contribution is -2.21. The van der Waals surface area contributed by atoms with E-state index in [1.54, 1.807) is 0 Å². The van der Waals surface area contributed by atoms with E-state index in [1.807, 2.05) is 30.6 Å². The second kappa shape index (κ2) is 15.0. The molecular weight excluding hydrogens is 692 g/mol. The van der Waals surface area contributed by atoms with E-state index in [1.165, 1.54) is 19.3 Å². The Hall–Kier alpha value is -3.13. The van der Waals surface area contributed by atoms with Gasteiger partial charge in [-0.3, -0.25) is 14.8 Å². The second-order valence-electron chi connectivity index (χ2n) is 12.2. The Morgan fingerprint density at radius 1 is 0.756 bits per heavy atom. The lowest BCUT2D eigenvalue weighted by Gasteiger charge is -2.17. The summed E-state index contributed by atoms with van der Waals surface area (Å²) >= 11 is 7.29. The summed E-state index contributed by atoms with van der Waals surface area (Å²) in [5.74, 6) is 0.810. The molecule has 2 heterocycles. The van der Waals surface area contributed by atoms with E-state index in [4.69, 9.17) is 19.4 Å². The van der Waals surface area contributed by atoms with E-state index in [9.17, 15) is 4.79 Å². The summed E-state index contributed by atoms with van der Waals surface area (Å²) in [6, 6.07) is 20.7. The number of rotatable bonds is 13. The van der Waals surface area contributed by atoms with Gasteiger partial charge in [-0.25, -0.2) is 0 Å². The molecule has 6 rings (SSSR count). The largest absolute Gasteiger partial charge is 0.461 e. The topological polar surface area (TPSA) is 61.3 Å². The fraction of sp³-hybridized carbons (Fsp3) is 0.342. The SMILES string of the molecule is CCCCCCOCc1cc(Br)cc(-c2ccc(-c3ccc(-c4cc(Br)cc(COC(=O)C5C[C@@H]6C=C[C@H]5C6)c4)cn3)nc2)c1. The molecule has 0 aliphatic heterocycles. The highest BCUT2D eigenvalue weighted by molar-refractivity contribution is 9.10. The third-order valence-corrected chi connectivity index (χ3v) is 9.66. The molecule has 232 valence electrons. The second-order valence-corrected chi connectivity index (χ2v) is 14.0. The lowest BCUT2D eigenvalue weighted by molar-refractivity contribution is -0.150. The Balaban J connectivity index is 1.08. The maximum Gasteiger partial charge on any atom is 0.309 e. The minimum atomic E-state index is -0.0829. The Kier molecular flexibility index (Phi) is 10.6. The van der Waals surface area contributed by atoms with Gasteiger partial charge in [-0.05, 0) is 102 Å². The molecule has 0 saturated heterocycles. The molecular formula is C38H38Br2N2O3. The Morgan fingerprint density at radius 3 is 1.93 bits per heavy atom. The number of benzene rings is 2. The molecule has 2 aliphatic carbocycles. The fourth-order valence-electron chi connectivity index (χ4n) is 6.37. The van der Waals surface area contributed by atoms with Crippen molar-refractivity contribution in [1.29, 1.82) is 0 Å². The summed E-state index contributed by atoms with van der Waals surface area (Å²) < 4.78 is 13.6. The summed E-state index contributed by atoms with van der Waals surface area (Å²) in [6.07, 6.45) is 15.0. The van der Waals surface area contributed by atoms with Gasteiger partial charge < -0.3 is 9.47 Å². The van der Waals surface area contributed by atoms with Gasteiger partial charge in [0.2, 0.25) is 0 Å². The number of unbranched alkanes of at least 4 members (excludes halogenated alkanes) is 3. The predicted octanol–water partition coefficient (Wildman–Crippen LogP) is 10.4. The predicted molar refractivity (Wildman–Crippen MR) is 186 cm³/mol. The van der Waals surface area contributed by atoms with Crippen molar-refractivity contribution in [3.8, 4) is 33.6 Å². The van der Waals surface area contributed by atoms with Gasteiger partial charge in [-0.15, -0.1) is 0 Å². The van der Waals surface area contributed by atoms with E-state index in [0.717, 1.165) is 79.6 Å². The molecule has 0 radical (unpaired) electrons. The molecule has 3 atom stereocenters. The van der Waals surface area contributed by atoms with Crippen molar-refractivity contribution in [2.24, 2.45) is 17.8 Å². The number of ether oxygens (including phenoxy) is 2. The van der Waals surface area contributed by atoms with Crippen molar-refractivity contribution >= 4 is 37.8 Å². The smallest absolute Gasteiger partial charge is 0.309 e. The van der Waals surface area contributed by atoms with Crippen LogP contribution in [0.5, 0.6) is 0 Å². The minimum absolute atomic E-state index is 0.00239. The third kappa shape index (κ3) is 8.18. The van der Waals surface area contributed by atoms with Crippen molar-refractivity contribution in [2.45, 2.75) is 58.7 Å². The third-order valence-electron chi connectivity index (χ3n) is 8.74. The van der Waals surface area contributed by atoms with Crippen LogP contribution in [0.1, 0.15) is 56.6 Å². The zero-order valence-corrected chi connectivity index (χ0v) is 28.7. The van der Waals surface area contributed by atoms with Crippen molar-refractivity contribution in [3.63, 3.8) is 0 Å². The molecule has 0 N–H and O–H groups in total. The number of pyridine rings is 2. The fourth-order valence-corrected chi connectivity index (χ4v) is 7.45. The monoisotopic (exact) mass is 728 g/mol. The standard InChI is InChI=1S/C38H38Br2N2O3/c1-2-3-4-5-12-44-23-26-14-31(19-33(39)16-26)29-8-10-36(41-21-29)37-11-9-30(22-42-37)32-15-27(17-34(40)20-32)24-45-38(43)35-18-25-6-7-28(35)13-25/h6-11,14-17,19-22,25,28,35H,2-5,12-13,18,23-24H2,1H3/t25-,28+,35?/m1/s1. The molecule has 1 unspecified atom stereocenters. The number of carbonyl (C=O) groups excluding carboxylic acids is 1. The van der Waals surface area contributed by atoms with Crippen LogP contribution in [0.3, 0.4) is 0 Å². The summed E-state index contributed by atoms with van der Waals surface area (Å²) in [6.45, 7) is 3.88. The highest BCUT2D eigenvalue weighted by atomic mass is 79.9. The van der Waals surface area contributed by atoms with Crippen LogP contribution in [-0.4, -0.2) is 22.5 Å². The molecule has 7 heteroatoms. The van der Waals surface area contributed by atoms with Crippen LogP contribution in [0.2, 0.25) is 0 Å². The highest BCUT2D eigenvalue weighted by Gasteiger charge is 2.40. The Morgan fingerprint density at radius 2 is 1.40 bits per heavy atom. The van der Waals surface area contributed by atoms with Gasteiger partial charge in [-0.1, -0.05) is 82.3 Å². The van der Waals surface area contributed by atoms with Crippen LogP contribution >= 0.6 is 31.9 Å². The molecule has 45 heavy (non-hydrogen) atoms. The van der Waals surface area contributed by atoms with Crippen LogP contribution < -0.4 is 0 Å². The average molecular weight is 731 g/mol. The first kappa shape index (κ1) is 31.8. The first-order valence-corrected chi connectivity index (χ1v) is 17.5. The number of aromatic nitrogens is 2. The number of hydrogen-bond donors (Lipinski definition) is 0. The van der Waals surface area contributed by atoms with Gasteiger partial charge >= 0.3 is 5.97 Å². The highest BCUT2D eigenvalue weighted by Crippen LogP contribution is 2.44. The molecule has 2 aromatic heterocycles.